The topological polar surface area (TPSA) is 45.4 Å². The smallest absolute Gasteiger partial charge is 0.143 e. The molecule has 0 bridgehead atoms. The summed E-state index contributed by atoms with van der Waals surface area (Å²) in [6, 6.07) is 15.2. The van der Waals surface area contributed by atoms with E-state index in [-0.39, 0.29) is 12.4 Å². The molecule has 2 aromatic rings. The lowest BCUT2D eigenvalue weighted by molar-refractivity contribution is 0.132. The molecule has 0 aliphatic heterocycles. The van der Waals surface area contributed by atoms with Crippen molar-refractivity contribution in [1.82, 2.24) is 0 Å². The first-order valence-corrected chi connectivity index (χ1v) is 5.68. The molecule has 0 amide bonds. The molecular weight excluding hydrogens is 243 g/mol. The second-order valence-electron chi connectivity index (χ2n) is 3.83. The van der Waals surface area contributed by atoms with Crippen molar-refractivity contribution in [3.8, 4) is 6.07 Å². The van der Waals surface area contributed by atoms with Crippen LogP contribution in [0.25, 0.3) is 0 Å². The molecule has 0 aliphatic carbocycles. The molecule has 94 valence electrons. The van der Waals surface area contributed by atoms with Crippen LogP contribution in [0.4, 0.5) is 4.39 Å². The monoisotopic (exact) mass is 254 g/mol. The van der Waals surface area contributed by atoms with E-state index in [0.717, 1.165) is 11.1 Å². The summed E-state index contributed by atoms with van der Waals surface area (Å²) < 4.78 is 12.7. The minimum atomic E-state index is -0.291. The van der Waals surface area contributed by atoms with Crippen molar-refractivity contribution in [2.45, 2.75) is 6.61 Å². The first-order chi connectivity index (χ1) is 9.29. The molecule has 4 heteroatoms. The third kappa shape index (κ3) is 3.65. The van der Waals surface area contributed by atoms with Crippen LogP contribution in [0.5, 0.6) is 0 Å². The van der Waals surface area contributed by atoms with E-state index in [1.165, 1.54) is 18.3 Å². The Morgan fingerprint density at radius 2 is 1.89 bits per heavy atom. The largest absolute Gasteiger partial charge is 0.391 e. The highest BCUT2D eigenvalue weighted by Crippen LogP contribution is 2.08. The second-order valence-corrected chi connectivity index (χ2v) is 3.83. The lowest BCUT2D eigenvalue weighted by Gasteiger charge is -2.01. The molecule has 2 rings (SSSR count). The summed E-state index contributed by atoms with van der Waals surface area (Å²) in [6.07, 6.45) is 1.49. The average molecular weight is 254 g/mol. The van der Waals surface area contributed by atoms with E-state index in [9.17, 15) is 4.39 Å². The van der Waals surface area contributed by atoms with Crippen molar-refractivity contribution in [2.75, 3.05) is 0 Å². The maximum Gasteiger partial charge on any atom is 0.143 e. The van der Waals surface area contributed by atoms with Gasteiger partial charge in [-0.15, -0.1) is 0 Å². The van der Waals surface area contributed by atoms with Crippen LogP contribution in [0.15, 0.2) is 53.7 Å². The number of oxime groups is 1. The van der Waals surface area contributed by atoms with E-state index in [2.05, 4.69) is 11.2 Å². The third-order valence-electron chi connectivity index (χ3n) is 2.50. The Kier molecular flexibility index (Phi) is 4.25. The number of nitriles is 1. The van der Waals surface area contributed by atoms with Crippen LogP contribution in [0.3, 0.4) is 0 Å². The van der Waals surface area contributed by atoms with Gasteiger partial charge in [0.2, 0.25) is 0 Å². The Balaban J connectivity index is 1.93. The molecule has 0 spiro atoms. The molecule has 0 aliphatic rings. The minimum absolute atomic E-state index is 0.224. The summed E-state index contributed by atoms with van der Waals surface area (Å²) in [7, 11) is 0. The zero-order chi connectivity index (χ0) is 13.5. The number of benzene rings is 2. The quantitative estimate of drug-likeness (QED) is 0.621. The Hall–Kier alpha value is -2.67. The molecule has 0 saturated carbocycles. The van der Waals surface area contributed by atoms with Crippen molar-refractivity contribution < 1.29 is 9.23 Å². The highest BCUT2D eigenvalue weighted by molar-refractivity contribution is 5.78. The van der Waals surface area contributed by atoms with Crippen LogP contribution in [-0.4, -0.2) is 6.21 Å². The zero-order valence-electron chi connectivity index (χ0n) is 10.1. The third-order valence-corrected chi connectivity index (χ3v) is 2.50. The SMILES string of the molecule is N#Cc1ccccc1CO/N=C\c1ccc(F)cc1. The van der Waals surface area contributed by atoms with E-state index >= 15 is 0 Å². The van der Waals surface area contributed by atoms with Crippen LogP contribution in [0, 0.1) is 17.1 Å². The molecule has 0 atom stereocenters. The zero-order valence-corrected chi connectivity index (χ0v) is 10.1. The number of hydrogen-bond donors (Lipinski definition) is 0. The maximum atomic E-state index is 12.7. The van der Waals surface area contributed by atoms with E-state index in [1.807, 2.05) is 12.1 Å². The van der Waals surface area contributed by atoms with Gasteiger partial charge in [-0.05, 0) is 23.8 Å². The summed E-state index contributed by atoms with van der Waals surface area (Å²) in [5.74, 6) is -0.291. The average Bonchev–Trinajstić information content (AvgIpc) is 2.46. The first-order valence-electron chi connectivity index (χ1n) is 5.68. The fourth-order valence-electron chi connectivity index (χ4n) is 1.51. The molecule has 2 aromatic carbocycles. The van der Waals surface area contributed by atoms with Gasteiger partial charge in [0.05, 0.1) is 17.8 Å². The summed E-state index contributed by atoms with van der Waals surface area (Å²) in [5.41, 5.74) is 2.09. The number of rotatable bonds is 4. The van der Waals surface area contributed by atoms with E-state index in [4.69, 9.17) is 10.1 Å². The molecule has 0 N–H and O–H groups in total. The molecule has 0 unspecified atom stereocenters. The standard InChI is InChI=1S/C15H11FN2O/c16-15-7-5-12(6-8-15)10-18-19-11-14-4-2-1-3-13(14)9-17/h1-8,10H,11H2/b18-10-. The van der Waals surface area contributed by atoms with Crippen LogP contribution < -0.4 is 0 Å². The van der Waals surface area contributed by atoms with Crippen LogP contribution >= 0.6 is 0 Å². The summed E-state index contributed by atoms with van der Waals surface area (Å²) in [5, 5.41) is 12.7. The van der Waals surface area contributed by atoms with Gasteiger partial charge in [0.25, 0.3) is 0 Å². The van der Waals surface area contributed by atoms with Gasteiger partial charge in [-0.3, -0.25) is 0 Å². The fourth-order valence-corrected chi connectivity index (χ4v) is 1.51. The normalized spacial score (nSPS) is 10.3. The number of nitrogens with zero attached hydrogens (tertiary/aromatic N) is 2. The predicted octanol–water partition coefficient (Wildman–Crippen LogP) is 3.25. The molecule has 19 heavy (non-hydrogen) atoms. The minimum Gasteiger partial charge on any atom is -0.391 e. The Morgan fingerprint density at radius 3 is 2.63 bits per heavy atom. The fraction of sp³-hybridized carbons (Fsp3) is 0.0667. The van der Waals surface area contributed by atoms with Gasteiger partial charge in [-0.2, -0.15) is 5.26 Å². The van der Waals surface area contributed by atoms with Crippen molar-refractivity contribution in [3.05, 3.63) is 71.0 Å². The molecular formula is C15H11FN2O. The van der Waals surface area contributed by atoms with Gasteiger partial charge in [-0.25, -0.2) is 4.39 Å². The molecule has 0 aromatic heterocycles. The Labute approximate surface area is 110 Å². The Bertz CT molecular complexity index is 615. The van der Waals surface area contributed by atoms with Crippen molar-refractivity contribution in [1.29, 1.82) is 5.26 Å². The lowest BCUT2D eigenvalue weighted by Crippen LogP contribution is -1.92. The molecule has 3 nitrogen and oxygen atoms in total. The van der Waals surface area contributed by atoms with Crippen molar-refractivity contribution in [3.63, 3.8) is 0 Å². The van der Waals surface area contributed by atoms with E-state index < -0.39 is 0 Å². The van der Waals surface area contributed by atoms with Crippen LogP contribution in [0.2, 0.25) is 0 Å². The van der Waals surface area contributed by atoms with Gasteiger partial charge in [-0.1, -0.05) is 35.5 Å². The molecule has 0 heterocycles. The highest BCUT2D eigenvalue weighted by Gasteiger charge is 1.99. The molecule has 0 saturated heterocycles. The Morgan fingerprint density at radius 1 is 1.16 bits per heavy atom. The summed E-state index contributed by atoms with van der Waals surface area (Å²) in [6.45, 7) is 0.224. The second kappa shape index (κ2) is 6.31. The predicted molar refractivity (Wildman–Crippen MR) is 69.9 cm³/mol. The molecule has 0 radical (unpaired) electrons. The highest BCUT2D eigenvalue weighted by atomic mass is 19.1. The van der Waals surface area contributed by atoms with Gasteiger partial charge in [0.1, 0.15) is 12.4 Å². The van der Waals surface area contributed by atoms with Crippen LogP contribution in [-0.2, 0) is 11.4 Å². The van der Waals surface area contributed by atoms with Gasteiger partial charge in [0.15, 0.2) is 0 Å². The summed E-state index contributed by atoms with van der Waals surface area (Å²) in [4.78, 5) is 5.12. The van der Waals surface area contributed by atoms with Gasteiger partial charge < -0.3 is 4.84 Å². The van der Waals surface area contributed by atoms with Crippen molar-refractivity contribution in [2.24, 2.45) is 5.16 Å². The van der Waals surface area contributed by atoms with Crippen molar-refractivity contribution >= 4 is 6.21 Å². The lowest BCUT2D eigenvalue weighted by atomic mass is 10.1. The first kappa shape index (κ1) is 12.8. The van der Waals surface area contributed by atoms with Crippen LogP contribution in [0.1, 0.15) is 16.7 Å². The number of halogens is 1. The van der Waals surface area contributed by atoms with E-state index in [1.54, 1.807) is 24.3 Å². The number of hydrogen-bond acceptors (Lipinski definition) is 3. The molecule has 0 fully saturated rings. The maximum absolute atomic E-state index is 12.7. The summed E-state index contributed by atoms with van der Waals surface area (Å²) >= 11 is 0. The van der Waals surface area contributed by atoms with Gasteiger partial charge in [0, 0.05) is 5.56 Å². The van der Waals surface area contributed by atoms with Gasteiger partial charge >= 0.3 is 0 Å². The van der Waals surface area contributed by atoms with E-state index in [0.29, 0.717) is 5.56 Å².